The van der Waals surface area contributed by atoms with E-state index in [-0.39, 0.29) is 11.9 Å². The van der Waals surface area contributed by atoms with Crippen LogP contribution in [0.1, 0.15) is 31.0 Å². The molecular formula is C17H19ClFNS. The zero-order valence-electron chi connectivity index (χ0n) is 12.2. The number of halogens is 2. The topological polar surface area (TPSA) is 12.0 Å². The summed E-state index contributed by atoms with van der Waals surface area (Å²) in [4.78, 5) is 1.24. The fourth-order valence-electron chi connectivity index (χ4n) is 2.27. The number of thioether (sulfide) groups is 1. The SMILES string of the molecule is CCNC(c1ccc(SCC)cc1)c1cc(F)ccc1Cl. The van der Waals surface area contributed by atoms with E-state index in [9.17, 15) is 4.39 Å². The summed E-state index contributed by atoms with van der Waals surface area (Å²) >= 11 is 8.05. The first-order chi connectivity index (χ1) is 10.2. The number of nitrogens with one attached hydrogen (secondary N) is 1. The minimum Gasteiger partial charge on any atom is -0.306 e. The van der Waals surface area contributed by atoms with Crippen molar-refractivity contribution in [2.45, 2.75) is 24.8 Å². The molecule has 1 nitrogen and oxygen atoms in total. The zero-order valence-corrected chi connectivity index (χ0v) is 13.8. The van der Waals surface area contributed by atoms with E-state index in [1.54, 1.807) is 17.8 Å². The summed E-state index contributed by atoms with van der Waals surface area (Å²) in [6, 6.07) is 12.7. The van der Waals surface area contributed by atoms with Crippen molar-refractivity contribution in [3.8, 4) is 0 Å². The first-order valence-electron chi connectivity index (χ1n) is 7.06. The van der Waals surface area contributed by atoms with Crippen LogP contribution in [-0.4, -0.2) is 12.3 Å². The van der Waals surface area contributed by atoms with Gasteiger partial charge in [0.15, 0.2) is 0 Å². The molecule has 0 aliphatic rings. The lowest BCUT2D eigenvalue weighted by molar-refractivity contribution is 0.603. The van der Waals surface area contributed by atoms with Crippen molar-refractivity contribution >= 4 is 23.4 Å². The molecule has 0 aromatic heterocycles. The molecule has 0 fully saturated rings. The summed E-state index contributed by atoms with van der Waals surface area (Å²) in [6.07, 6.45) is 0. The van der Waals surface area contributed by atoms with Gasteiger partial charge in [0.25, 0.3) is 0 Å². The third-order valence-corrected chi connectivity index (χ3v) is 4.44. The van der Waals surface area contributed by atoms with Crippen LogP contribution in [0.2, 0.25) is 5.02 Å². The zero-order chi connectivity index (χ0) is 15.2. The summed E-state index contributed by atoms with van der Waals surface area (Å²) in [5, 5.41) is 3.95. The molecule has 2 aromatic rings. The van der Waals surface area contributed by atoms with Crippen LogP contribution in [0.3, 0.4) is 0 Å². The highest BCUT2D eigenvalue weighted by molar-refractivity contribution is 7.99. The van der Waals surface area contributed by atoms with Gasteiger partial charge in [-0.05, 0) is 53.8 Å². The molecule has 0 saturated carbocycles. The second-order valence-electron chi connectivity index (χ2n) is 4.66. The standard InChI is InChI=1S/C17H19ClFNS/c1-3-20-17(15-11-13(19)7-10-16(15)18)12-5-8-14(9-6-12)21-4-2/h5-11,17,20H,3-4H2,1-2H3. The predicted molar refractivity (Wildman–Crippen MR) is 89.8 cm³/mol. The molecule has 0 saturated heterocycles. The second-order valence-corrected chi connectivity index (χ2v) is 6.40. The Kier molecular flexibility index (Phi) is 6.09. The van der Waals surface area contributed by atoms with Crippen LogP contribution in [0.25, 0.3) is 0 Å². The van der Waals surface area contributed by atoms with E-state index in [2.05, 4.69) is 36.5 Å². The monoisotopic (exact) mass is 323 g/mol. The van der Waals surface area contributed by atoms with Crippen molar-refractivity contribution in [3.05, 3.63) is 64.4 Å². The Labute approximate surface area is 134 Å². The lowest BCUT2D eigenvalue weighted by atomic mass is 9.98. The summed E-state index contributed by atoms with van der Waals surface area (Å²) in [5.74, 6) is 0.779. The predicted octanol–water partition coefficient (Wildman–Crippen LogP) is 5.29. The van der Waals surface area contributed by atoms with Crippen LogP contribution < -0.4 is 5.32 Å². The average molecular weight is 324 g/mol. The van der Waals surface area contributed by atoms with E-state index in [0.717, 1.165) is 23.4 Å². The smallest absolute Gasteiger partial charge is 0.123 e. The minimum absolute atomic E-state index is 0.0983. The molecule has 0 aliphatic heterocycles. The van der Waals surface area contributed by atoms with Crippen LogP contribution in [0.15, 0.2) is 47.4 Å². The van der Waals surface area contributed by atoms with E-state index in [1.807, 2.05) is 6.92 Å². The van der Waals surface area contributed by atoms with Crippen LogP contribution in [-0.2, 0) is 0 Å². The van der Waals surface area contributed by atoms with E-state index in [0.29, 0.717) is 5.02 Å². The molecule has 2 rings (SSSR count). The third-order valence-electron chi connectivity index (χ3n) is 3.20. The Balaban J connectivity index is 2.35. The van der Waals surface area contributed by atoms with Crippen molar-refractivity contribution in [2.24, 2.45) is 0 Å². The molecule has 0 spiro atoms. The largest absolute Gasteiger partial charge is 0.306 e. The number of rotatable bonds is 6. The van der Waals surface area contributed by atoms with Gasteiger partial charge in [-0.15, -0.1) is 11.8 Å². The van der Waals surface area contributed by atoms with Crippen molar-refractivity contribution < 1.29 is 4.39 Å². The first-order valence-corrected chi connectivity index (χ1v) is 8.43. The molecule has 0 radical (unpaired) electrons. The van der Waals surface area contributed by atoms with Gasteiger partial charge in [-0.1, -0.05) is 37.6 Å². The summed E-state index contributed by atoms with van der Waals surface area (Å²) in [5.41, 5.74) is 1.86. The summed E-state index contributed by atoms with van der Waals surface area (Å²) < 4.78 is 13.5. The van der Waals surface area contributed by atoms with Gasteiger partial charge in [0.2, 0.25) is 0 Å². The Bertz CT molecular complexity index is 586. The van der Waals surface area contributed by atoms with Gasteiger partial charge in [0.1, 0.15) is 5.82 Å². The quantitative estimate of drug-likeness (QED) is 0.725. The molecular weight excluding hydrogens is 305 g/mol. The van der Waals surface area contributed by atoms with E-state index < -0.39 is 0 Å². The molecule has 0 amide bonds. The highest BCUT2D eigenvalue weighted by atomic mass is 35.5. The van der Waals surface area contributed by atoms with Gasteiger partial charge in [0, 0.05) is 9.92 Å². The van der Waals surface area contributed by atoms with Crippen LogP contribution in [0, 0.1) is 5.82 Å². The van der Waals surface area contributed by atoms with Gasteiger partial charge >= 0.3 is 0 Å². The number of hydrogen-bond acceptors (Lipinski definition) is 2. The Hall–Kier alpha value is -1.03. The normalized spacial score (nSPS) is 12.4. The molecule has 1 unspecified atom stereocenters. The number of hydrogen-bond donors (Lipinski definition) is 1. The van der Waals surface area contributed by atoms with E-state index in [4.69, 9.17) is 11.6 Å². The molecule has 0 heterocycles. The van der Waals surface area contributed by atoms with Crippen molar-refractivity contribution in [3.63, 3.8) is 0 Å². The van der Waals surface area contributed by atoms with Gasteiger partial charge in [0.05, 0.1) is 6.04 Å². The molecule has 112 valence electrons. The molecule has 2 aromatic carbocycles. The Morgan fingerprint density at radius 1 is 1.14 bits per heavy atom. The molecule has 0 bridgehead atoms. The highest BCUT2D eigenvalue weighted by Crippen LogP contribution is 2.30. The van der Waals surface area contributed by atoms with Gasteiger partial charge in [-0.25, -0.2) is 4.39 Å². The van der Waals surface area contributed by atoms with Gasteiger partial charge in [-0.3, -0.25) is 0 Å². The molecule has 4 heteroatoms. The number of benzene rings is 2. The Morgan fingerprint density at radius 2 is 1.86 bits per heavy atom. The minimum atomic E-state index is -0.268. The maximum Gasteiger partial charge on any atom is 0.123 e. The van der Waals surface area contributed by atoms with Crippen molar-refractivity contribution in [2.75, 3.05) is 12.3 Å². The van der Waals surface area contributed by atoms with E-state index >= 15 is 0 Å². The second kappa shape index (κ2) is 7.83. The molecule has 1 N–H and O–H groups in total. The van der Waals surface area contributed by atoms with Crippen LogP contribution in [0.4, 0.5) is 4.39 Å². The summed E-state index contributed by atoms with van der Waals surface area (Å²) in [6.45, 7) is 4.94. The van der Waals surface area contributed by atoms with Crippen molar-refractivity contribution in [1.82, 2.24) is 5.32 Å². The van der Waals surface area contributed by atoms with Gasteiger partial charge in [-0.2, -0.15) is 0 Å². The van der Waals surface area contributed by atoms with E-state index in [1.165, 1.54) is 17.0 Å². The first kappa shape index (κ1) is 16.3. The highest BCUT2D eigenvalue weighted by Gasteiger charge is 2.16. The summed E-state index contributed by atoms with van der Waals surface area (Å²) in [7, 11) is 0. The average Bonchev–Trinajstić information content (AvgIpc) is 2.49. The maximum atomic E-state index is 13.5. The van der Waals surface area contributed by atoms with Crippen LogP contribution in [0.5, 0.6) is 0 Å². The lowest BCUT2D eigenvalue weighted by Crippen LogP contribution is -2.22. The van der Waals surface area contributed by atoms with Crippen LogP contribution >= 0.6 is 23.4 Å². The Morgan fingerprint density at radius 3 is 2.48 bits per heavy atom. The molecule has 0 aliphatic carbocycles. The third kappa shape index (κ3) is 4.22. The molecule has 21 heavy (non-hydrogen) atoms. The van der Waals surface area contributed by atoms with Crippen molar-refractivity contribution in [1.29, 1.82) is 0 Å². The fourth-order valence-corrected chi connectivity index (χ4v) is 3.16. The maximum absolute atomic E-state index is 13.5. The fraction of sp³-hybridized carbons (Fsp3) is 0.294. The van der Waals surface area contributed by atoms with Gasteiger partial charge < -0.3 is 5.32 Å². The molecule has 1 atom stereocenters. The lowest BCUT2D eigenvalue weighted by Gasteiger charge is -2.20.